The van der Waals surface area contributed by atoms with Crippen molar-refractivity contribution in [3.63, 3.8) is 0 Å². The number of aryl methyl sites for hydroxylation is 1. The second-order valence-corrected chi connectivity index (χ2v) is 3.75. The van der Waals surface area contributed by atoms with E-state index in [-0.39, 0.29) is 12.4 Å². The molecule has 0 unspecified atom stereocenters. The lowest BCUT2D eigenvalue weighted by Gasteiger charge is -2.03. The topological polar surface area (TPSA) is 53.4 Å². The molecule has 1 aliphatic heterocycles. The van der Waals surface area contributed by atoms with E-state index in [1.54, 1.807) is 13.1 Å². The van der Waals surface area contributed by atoms with Gasteiger partial charge in [-0.05, 0) is 24.3 Å². The fraction of sp³-hybridized carbons (Fsp3) is 0.167. The van der Waals surface area contributed by atoms with Crippen LogP contribution in [-0.2, 0) is 7.05 Å². The van der Waals surface area contributed by atoms with Gasteiger partial charge in [0.1, 0.15) is 0 Å². The van der Waals surface area contributed by atoms with Crippen molar-refractivity contribution in [3.05, 3.63) is 40.7 Å². The van der Waals surface area contributed by atoms with Crippen LogP contribution in [-0.4, -0.2) is 16.6 Å². The summed E-state index contributed by atoms with van der Waals surface area (Å²) in [7, 11) is 1.62. The first-order valence-electron chi connectivity index (χ1n) is 5.18. The van der Waals surface area contributed by atoms with Crippen molar-refractivity contribution in [2.45, 2.75) is 0 Å². The van der Waals surface area contributed by atoms with Gasteiger partial charge in [-0.3, -0.25) is 4.79 Å². The molecule has 0 fully saturated rings. The molecule has 1 aliphatic rings. The molecule has 0 N–H and O–H groups in total. The van der Waals surface area contributed by atoms with Crippen LogP contribution in [0.3, 0.4) is 0 Å². The zero-order chi connectivity index (χ0) is 11.8. The average Bonchev–Trinajstić information content (AvgIpc) is 2.79. The maximum absolute atomic E-state index is 11.2. The van der Waals surface area contributed by atoms with Gasteiger partial charge in [0.2, 0.25) is 6.79 Å². The molecule has 0 atom stereocenters. The second kappa shape index (κ2) is 3.62. The summed E-state index contributed by atoms with van der Waals surface area (Å²) < 4.78 is 11.8. The van der Waals surface area contributed by atoms with Gasteiger partial charge < -0.3 is 9.47 Å². The Kier molecular flexibility index (Phi) is 2.11. The molecule has 86 valence electrons. The molecule has 0 saturated carbocycles. The highest BCUT2D eigenvalue weighted by atomic mass is 16.7. The van der Waals surface area contributed by atoms with E-state index in [9.17, 15) is 4.79 Å². The standard InChI is InChI=1S/C12H10N2O3/c1-14-12(15)5-3-9(13-14)8-2-4-10-11(6-8)17-7-16-10/h2-6H,7H2,1H3. The van der Waals surface area contributed by atoms with Crippen molar-refractivity contribution in [3.8, 4) is 22.8 Å². The van der Waals surface area contributed by atoms with Crippen LogP contribution in [0.15, 0.2) is 35.1 Å². The van der Waals surface area contributed by atoms with Crippen LogP contribution < -0.4 is 15.0 Å². The minimum Gasteiger partial charge on any atom is -0.454 e. The fourth-order valence-corrected chi connectivity index (χ4v) is 1.71. The third kappa shape index (κ3) is 1.65. The van der Waals surface area contributed by atoms with Crippen molar-refractivity contribution < 1.29 is 9.47 Å². The lowest BCUT2D eigenvalue weighted by Crippen LogP contribution is -2.18. The Morgan fingerprint density at radius 3 is 2.82 bits per heavy atom. The minimum absolute atomic E-state index is 0.130. The summed E-state index contributed by atoms with van der Waals surface area (Å²) in [5.74, 6) is 1.44. The smallest absolute Gasteiger partial charge is 0.266 e. The number of hydrogen-bond donors (Lipinski definition) is 0. The molecule has 0 radical (unpaired) electrons. The highest BCUT2D eigenvalue weighted by molar-refractivity contribution is 5.63. The van der Waals surface area contributed by atoms with Crippen molar-refractivity contribution in [2.75, 3.05) is 6.79 Å². The normalized spacial score (nSPS) is 12.8. The summed E-state index contributed by atoms with van der Waals surface area (Å²) in [4.78, 5) is 11.2. The molecule has 2 heterocycles. The van der Waals surface area contributed by atoms with E-state index in [2.05, 4.69) is 5.10 Å². The van der Waals surface area contributed by atoms with E-state index in [1.165, 1.54) is 10.7 Å². The number of rotatable bonds is 1. The molecular weight excluding hydrogens is 220 g/mol. The molecule has 5 heteroatoms. The van der Waals surface area contributed by atoms with E-state index in [4.69, 9.17) is 9.47 Å². The number of ether oxygens (including phenoxy) is 2. The SMILES string of the molecule is Cn1nc(-c2ccc3c(c2)OCO3)ccc1=O. The van der Waals surface area contributed by atoms with Crippen LogP contribution in [0.4, 0.5) is 0 Å². The van der Waals surface area contributed by atoms with Gasteiger partial charge in [0.15, 0.2) is 11.5 Å². The summed E-state index contributed by atoms with van der Waals surface area (Å²) in [6.45, 7) is 0.249. The van der Waals surface area contributed by atoms with Crippen molar-refractivity contribution in [2.24, 2.45) is 7.05 Å². The Bertz CT molecular complexity index is 634. The third-order valence-corrected chi connectivity index (χ3v) is 2.63. The largest absolute Gasteiger partial charge is 0.454 e. The lowest BCUT2D eigenvalue weighted by atomic mass is 10.1. The zero-order valence-electron chi connectivity index (χ0n) is 9.21. The van der Waals surface area contributed by atoms with Gasteiger partial charge in [0.25, 0.3) is 5.56 Å². The van der Waals surface area contributed by atoms with E-state index < -0.39 is 0 Å². The molecule has 2 aromatic rings. The highest BCUT2D eigenvalue weighted by Gasteiger charge is 2.14. The van der Waals surface area contributed by atoms with E-state index in [1.807, 2.05) is 18.2 Å². The predicted octanol–water partition coefficient (Wildman–Crippen LogP) is 1.18. The average molecular weight is 230 g/mol. The van der Waals surface area contributed by atoms with Crippen LogP contribution in [0.25, 0.3) is 11.3 Å². The quantitative estimate of drug-likeness (QED) is 0.738. The van der Waals surface area contributed by atoms with Crippen LogP contribution in [0, 0.1) is 0 Å². The first kappa shape index (κ1) is 9.89. The summed E-state index contributed by atoms with van der Waals surface area (Å²) in [5, 5.41) is 4.18. The van der Waals surface area contributed by atoms with Crippen molar-refractivity contribution >= 4 is 0 Å². The van der Waals surface area contributed by atoms with Crippen molar-refractivity contribution in [1.29, 1.82) is 0 Å². The molecule has 0 saturated heterocycles. The minimum atomic E-state index is -0.130. The molecule has 17 heavy (non-hydrogen) atoms. The number of hydrogen-bond acceptors (Lipinski definition) is 4. The molecule has 0 spiro atoms. The van der Waals surface area contributed by atoms with Crippen LogP contribution in [0.5, 0.6) is 11.5 Å². The van der Waals surface area contributed by atoms with Gasteiger partial charge in [-0.25, -0.2) is 4.68 Å². The fourth-order valence-electron chi connectivity index (χ4n) is 1.71. The molecule has 1 aromatic heterocycles. The highest BCUT2D eigenvalue weighted by Crippen LogP contribution is 2.35. The summed E-state index contributed by atoms with van der Waals surface area (Å²) in [6, 6.07) is 8.77. The Morgan fingerprint density at radius 2 is 2.00 bits per heavy atom. The first-order valence-corrected chi connectivity index (χ1v) is 5.18. The van der Waals surface area contributed by atoms with Gasteiger partial charge in [0.05, 0.1) is 5.69 Å². The molecule has 0 aliphatic carbocycles. The maximum Gasteiger partial charge on any atom is 0.266 e. The Labute approximate surface area is 97.2 Å². The molecule has 5 nitrogen and oxygen atoms in total. The van der Waals surface area contributed by atoms with Crippen LogP contribution in [0.1, 0.15) is 0 Å². The Balaban J connectivity index is 2.09. The predicted molar refractivity (Wildman–Crippen MR) is 61.0 cm³/mol. The maximum atomic E-state index is 11.2. The second-order valence-electron chi connectivity index (χ2n) is 3.75. The summed E-state index contributed by atoms with van der Waals surface area (Å²) in [5.41, 5.74) is 1.49. The molecule has 3 rings (SSSR count). The number of nitrogens with zero attached hydrogens (tertiary/aromatic N) is 2. The molecule has 0 bridgehead atoms. The lowest BCUT2D eigenvalue weighted by molar-refractivity contribution is 0.174. The van der Waals surface area contributed by atoms with E-state index in [0.717, 1.165) is 17.0 Å². The summed E-state index contributed by atoms with van der Waals surface area (Å²) >= 11 is 0. The monoisotopic (exact) mass is 230 g/mol. The van der Waals surface area contributed by atoms with E-state index >= 15 is 0 Å². The Hall–Kier alpha value is -2.30. The van der Waals surface area contributed by atoms with Gasteiger partial charge in [-0.15, -0.1) is 0 Å². The summed E-state index contributed by atoms with van der Waals surface area (Å²) in [6.07, 6.45) is 0. The third-order valence-electron chi connectivity index (χ3n) is 2.63. The Morgan fingerprint density at radius 1 is 1.18 bits per heavy atom. The number of aromatic nitrogens is 2. The zero-order valence-corrected chi connectivity index (χ0v) is 9.21. The van der Waals surface area contributed by atoms with Crippen LogP contribution in [0.2, 0.25) is 0 Å². The van der Waals surface area contributed by atoms with Crippen molar-refractivity contribution in [1.82, 2.24) is 9.78 Å². The molecule has 1 aromatic carbocycles. The molecular formula is C12H10N2O3. The van der Waals surface area contributed by atoms with Gasteiger partial charge in [-0.1, -0.05) is 0 Å². The molecule has 0 amide bonds. The van der Waals surface area contributed by atoms with Gasteiger partial charge >= 0.3 is 0 Å². The van der Waals surface area contributed by atoms with Crippen LogP contribution >= 0.6 is 0 Å². The van der Waals surface area contributed by atoms with Gasteiger partial charge in [0, 0.05) is 18.7 Å². The van der Waals surface area contributed by atoms with E-state index in [0.29, 0.717) is 5.75 Å². The number of benzene rings is 1. The number of fused-ring (bicyclic) bond motifs is 1. The van der Waals surface area contributed by atoms with Gasteiger partial charge in [-0.2, -0.15) is 5.10 Å². The first-order chi connectivity index (χ1) is 8.24.